The van der Waals surface area contributed by atoms with Crippen molar-refractivity contribution in [3.05, 3.63) is 50.7 Å². The van der Waals surface area contributed by atoms with Crippen LogP contribution in [0.4, 0.5) is 5.69 Å². The Kier molecular flexibility index (Phi) is 3.90. The van der Waals surface area contributed by atoms with Crippen molar-refractivity contribution in [3.8, 4) is 17.0 Å². The van der Waals surface area contributed by atoms with E-state index in [4.69, 9.17) is 16.3 Å². The molecule has 0 spiro atoms. The second-order valence-corrected chi connectivity index (χ2v) is 4.81. The molecule has 0 radical (unpaired) electrons. The van der Waals surface area contributed by atoms with Gasteiger partial charge in [0.05, 0.1) is 17.6 Å². The normalized spacial score (nSPS) is 10.4. The molecule has 0 saturated carbocycles. The van der Waals surface area contributed by atoms with Gasteiger partial charge in [0.15, 0.2) is 5.69 Å². The Balaban J connectivity index is 2.80. The monoisotopic (exact) mass is 292 g/mol. The van der Waals surface area contributed by atoms with Gasteiger partial charge < -0.3 is 4.74 Å². The van der Waals surface area contributed by atoms with E-state index >= 15 is 0 Å². The molecule has 0 amide bonds. The molecule has 0 unspecified atom stereocenters. The van der Waals surface area contributed by atoms with Crippen LogP contribution in [0.5, 0.6) is 5.75 Å². The lowest BCUT2D eigenvalue weighted by atomic mass is 10.00. The SMILES string of the molecule is COc1cc(C)cc(C)c1-c1nc(Cl)ccc1[N+](=O)[O-]. The maximum Gasteiger partial charge on any atom is 0.295 e. The van der Waals surface area contributed by atoms with Crippen LogP contribution < -0.4 is 4.74 Å². The largest absolute Gasteiger partial charge is 0.496 e. The quantitative estimate of drug-likeness (QED) is 0.488. The second-order valence-electron chi connectivity index (χ2n) is 4.42. The molecule has 0 atom stereocenters. The zero-order valence-corrected chi connectivity index (χ0v) is 12.1. The number of methoxy groups -OCH3 is 1. The van der Waals surface area contributed by atoms with E-state index in [0.29, 0.717) is 11.3 Å². The predicted molar refractivity (Wildman–Crippen MR) is 77.4 cm³/mol. The van der Waals surface area contributed by atoms with Crippen molar-refractivity contribution in [1.82, 2.24) is 4.98 Å². The third-order valence-corrected chi connectivity index (χ3v) is 3.15. The number of aryl methyl sites for hydroxylation is 2. The van der Waals surface area contributed by atoms with Gasteiger partial charge in [-0.15, -0.1) is 0 Å². The first-order valence-corrected chi connectivity index (χ1v) is 6.28. The van der Waals surface area contributed by atoms with Crippen LogP contribution in [0.2, 0.25) is 5.15 Å². The summed E-state index contributed by atoms with van der Waals surface area (Å²) in [5.41, 5.74) is 2.57. The van der Waals surface area contributed by atoms with Crippen molar-refractivity contribution < 1.29 is 9.66 Å². The minimum Gasteiger partial charge on any atom is -0.496 e. The molecule has 6 heteroatoms. The van der Waals surface area contributed by atoms with Crippen LogP contribution in [0.1, 0.15) is 11.1 Å². The molecule has 1 heterocycles. The minimum atomic E-state index is -0.475. The van der Waals surface area contributed by atoms with E-state index in [1.165, 1.54) is 19.2 Å². The van der Waals surface area contributed by atoms with E-state index in [1.54, 1.807) is 0 Å². The average molecular weight is 293 g/mol. The maximum atomic E-state index is 11.2. The van der Waals surface area contributed by atoms with Crippen molar-refractivity contribution in [2.24, 2.45) is 0 Å². The van der Waals surface area contributed by atoms with Gasteiger partial charge in [-0.05, 0) is 37.1 Å². The second kappa shape index (κ2) is 5.46. The summed E-state index contributed by atoms with van der Waals surface area (Å²) in [5.74, 6) is 0.542. The fourth-order valence-electron chi connectivity index (χ4n) is 2.15. The highest BCUT2D eigenvalue weighted by atomic mass is 35.5. The topological polar surface area (TPSA) is 65.3 Å². The van der Waals surface area contributed by atoms with Crippen LogP contribution in [0.15, 0.2) is 24.3 Å². The molecule has 0 aliphatic heterocycles. The summed E-state index contributed by atoms with van der Waals surface area (Å²) in [6, 6.07) is 6.49. The van der Waals surface area contributed by atoms with Crippen molar-refractivity contribution in [2.45, 2.75) is 13.8 Å². The highest BCUT2D eigenvalue weighted by molar-refractivity contribution is 6.29. The number of hydrogen-bond donors (Lipinski definition) is 0. The van der Waals surface area contributed by atoms with Crippen molar-refractivity contribution in [1.29, 1.82) is 0 Å². The number of pyridine rings is 1. The van der Waals surface area contributed by atoms with Crippen LogP contribution >= 0.6 is 11.6 Å². The Morgan fingerprint density at radius 3 is 2.60 bits per heavy atom. The summed E-state index contributed by atoms with van der Waals surface area (Å²) in [4.78, 5) is 14.8. The molecule has 0 aliphatic rings. The number of hydrogen-bond acceptors (Lipinski definition) is 4. The molecular weight excluding hydrogens is 280 g/mol. The van der Waals surface area contributed by atoms with Crippen LogP contribution in [-0.2, 0) is 0 Å². The number of halogens is 1. The standard InChI is InChI=1S/C14H13ClN2O3/c1-8-6-9(2)13(11(7-8)20-3)14-10(17(18)19)4-5-12(15)16-14/h4-7H,1-3H3. The van der Waals surface area contributed by atoms with E-state index in [0.717, 1.165) is 11.1 Å². The first-order valence-electron chi connectivity index (χ1n) is 5.90. The molecule has 2 aromatic rings. The van der Waals surface area contributed by atoms with Gasteiger partial charge in [-0.1, -0.05) is 17.7 Å². The number of ether oxygens (including phenoxy) is 1. The van der Waals surface area contributed by atoms with Gasteiger partial charge >= 0.3 is 0 Å². The lowest BCUT2D eigenvalue weighted by molar-refractivity contribution is -0.384. The third-order valence-electron chi connectivity index (χ3n) is 2.94. The molecule has 1 aromatic heterocycles. The molecule has 0 saturated heterocycles. The van der Waals surface area contributed by atoms with Gasteiger partial charge in [0.25, 0.3) is 5.69 Å². The Hall–Kier alpha value is -2.14. The molecule has 104 valence electrons. The number of aromatic nitrogens is 1. The van der Waals surface area contributed by atoms with Crippen LogP contribution in [0.25, 0.3) is 11.3 Å². The molecular formula is C14H13ClN2O3. The highest BCUT2D eigenvalue weighted by Gasteiger charge is 2.22. The first kappa shape index (κ1) is 14.3. The molecule has 5 nitrogen and oxygen atoms in total. The summed E-state index contributed by atoms with van der Waals surface area (Å²) >= 11 is 5.88. The zero-order valence-electron chi connectivity index (χ0n) is 11.3. The number of rotatable bonds is 3. The Bertz CT molecular complexity index is 686. The number of nitrogens with zero attached hydrogens (tertiary/aromatic N) is 2. The predicted octanol–water partition coefficient (Wildman–Crippen LogP) is 3.94. The Labute approximate surface area is 121 Å². The number of benzene rings is 1. The van der Waals surface area contributed by atoms with Crippen LogP contribution in [-0.4, -0.2) is 17.0 Å². The Morgan fingerprint density at radius 2 is 2.00 bits per heavy atom. The van der Waals surface area contributed by atoms with Gasteiger partial charge in [-0.3, -0.25) is 10.1 Å². The maximum absolute atomic E-state index is 11.2. The summed E-state index contributed by atoms with van der Waals surface area (Å²) < 4.78 is 5.33. The van der Waals surface area contributed by atoms with Crippen molar-refractivity contribution >= 4 is 17.3 Å². The molecule has 0 bridgehead atoms. The number of nitro groups is 1. The van der Waals surface area contributed by atoms with Crippen molar-refractivity contribution in [3.63, 3.8) is 0 Å². The van der Waals surface area contributed by atoms with Gasteiger partial charge in [0.2, 0.25) is 0 Å². The van der Waals surface area contributed by atoms with Crippen LogP contribution in [0, 0.1) is 24.0 Å². The van der Waals surface area contributed by atoms with E-state index in [9.17, 15) is 10.1 Å². The first-order chi connectivity index (χ1) is 9.43. The lowest BCUT2D eigenvalue weighted by Gasteiger charge is -2.12. The fourth-order valence-corrected chi connectivity index (χ4v) is 2.30. The summed E-state index contributed by atoms with van der Waals surface area (Å²) in [6.45, 7) is 3.79. The third kappa shape index (κ3) is 2.58. The van der Waals surface area contributed by atoms with Gasteiger partial charge in [0.1, 0.15) is 10.9 Å². The van der Waals surface area contributed by atoms with Gasteiger partial charge in [-0.2, -0.15) is 0 Å². The summed E-state index contributed by atoms with van der Waals surface area (Å²) in [7, 11) is 1.52. The average Bonchev–Trinajstić information content (AvgIpc) is 2.37. The summed E-state index contributed by atoms with van der Waals surface area (Å²) in [5, 5.41) is 11.4. The van der Waals surface area contributed by atoms with E-state index in [-0.39, 0.29) is 16.5 Å². The molecule has 0 fully saturated rings. The van der Waals surface area contributed by atoms with Crippen molar-refractivity contribution in [2.75, 3.05) is 7.11 Å². The highest BCUT2D eigenvalue weighted by Crippen LogP contribution is 2.38. The van der Waals surface area contributed by atoms with E-state index < -0.39 is 4.92 Å². The zero-order chi connectivity index (χ0) is 14.9. The molecule has 1 aromatic carbocycles. The van der Waals surface area contributed by atoms with E-state index in [2.05, 4.69) is 4.98 Å². The van der Waals surface area contributed by atoms with Crippen LogP contribution in [0.3, 0.4) is 0 Å². The minimum absolute atomic E-state index is 0.0975. The molecule has 2 rings (SSSR count). The van der Waals surface area contributed by atoms with Gasteiger partial charge in [0, 0.05) is 6.07 Å². The lowest BCUT2D eigenvalue weighted by Crippen LogP contribution is -1.99. The molecule has 20 heavy (non-hydrogen) atoms. The Morgan fingerprint density at radius 1 is 1.30 bits per heavy atom. The van der Waals surface area contributed by atoms with E-state index in [1.807, 2.05) is 26.0 Å². The fraction of sp³-hybridized carbons (Fsp3) is 0.214. The molecule has 0 aliphatic carbocycles. The smallest absolute Gasteiger partial charge is 0.295 e. The summed E-state index contributed by atoms with van der Waals surface area (Å²) in [6.07, 6.45) is 0. The molecule has 0 N–H and O–H groups in total. The van der Waals surface area contributed by atoms with Gasteiger partial charge in [-0.25, -0.2) is 4.98 Å².